The molecule has 1 saturated heterocycles. The summed E-state index contributed by atoms with van der Waals surface area (Å²) in [6, 6.07) is 14.4. The summed E-state index contributed by atoms with van der Waals surface area (Å²) in [4.78, 5) is 44.7. The Kier molecular flexibility index (Phi) is 6.41. The Hall–Kier alpha value is -3.86. The molecule has 0 radical (unpaired) electrons. The predicted molar refractivity (Wildman–Crippen MR) is 127 cm³/mol. The number of carbonyl (C=O) groups is 3. The second-order valence-corrected chi connectivity index (χ2v) is 9.31. The lowest BCUT2D eigenvalue weighted by atomic mass is 9.76. The number of nitriles is 1. The fourth-order valence-corrected chi connectivity index (χ4v) is 5.66. The molecule has 1 aromatic heterocycles. The van der Waals surface area contributed by atoms with Crippen LogP contribution in [0.25, 0.3) is 0 Å². The fraction of sp³-hybridized carbons (Fsp3) is 0.407. The van der Waals surface area contributed by atoms with Crippen molar-refractivity contribution in [3.05, 3.63) is 71.3 Å². The molecule has 0 spiro atoms. The average Bonchev–Trinajstić information content (AvgIpc) is 3.45. The third-order valence-corrected chi connectivity index (χ3v) is 7.37. The maximum absolute atomic E-state index is 13.5. The van der Waals surface area contributed by atoms with Crippen molar-refractivity contribution in [2.45, 2.75) is 31.7 Å². The number of hydrogen-bond donors (Lipinski definition) is 0. The molecule has 5 rings (SSSR count). The molecule has 1 aliphatic carbocycles. The van der Waals surface area contributed by atoms with Gasteiger partial charge >= 0.3 is 0 Å². The van der Waals surface area contributed by atoms with E-state index in [2.05, 4.69) is 11.0 Å². The van der Waals surface area contributed by atoms with Gasteiger partial charge in [0.05, 0.1) is 12.8 Å². The number of benzene rings is 1. The lowest BCUT2D eigenvalue weighted by Crippen LogP contribution is -2.57. The Morgan fingerprint density at radius 1 is 1.00 bits per heavy atom. The fourth-order valence-electron chi connectivity index (χ4n) is 5.66. The van der Waals surface area contributed by atoms with E-state index in [-0.39, 0.29) is 41.7 Å². The van der Waals surface area contributed by atoms with Crippen molar-refractivity contribution in [2.24, 2.45) is 5.92 Å². The lowest BCUT2D eigenvalue weighted by molar-refractivity contribution is -0.132. The predicted octanol–water partition coefficient (Wildman–Crippen LogP) is 3.10. The van der Waals surface area contributed by atoms with E-state index in [9.17, 15) is 19.6 Å². The topological polar surface area (TPSA) is 97.9 Å². The molecule has 2 amide bonds. The molecule has 2 fully saturated rings. The van der Waals surface area contributed by atoms with Crippen LogP contribution in [0.3, 0.4) is 0 Å². The van der Waals surface area contributed by atoms with E-state index < -0.39 is 0 Å². The summed E-state index contributed by atoms with van der Waals surface area (Å²) in [5.41, 5.74) is 1.51. The summed E-state index contributed by atoms with van der Waals surface area (Å²) >= 11 is 0. The van der Waals surface area contributed by atoms with Crippen molar-refractivity contribution in [3.63, 3.8) is 0 Å². The molecule has 1 saturated carbocycles. The summed E-state index contributed by atoms with van der Waals surface area (Å²) in [6.45, 7) is 2.06. The molecular weight excluding hydrogens is 444 g/mol. The van der Waals surface area contributed by atoms with Gasteiger partial charge in [-0.2, -0.15) is 5.26 Å². The molecule has 8 nitrogen and oxygen atoms in total. The zero-order valence-electron chi connectivity index (χ0n) is 19.6. The third kappa shape index (κ3) is 4.34. The Balaban J connectivity index is 1.38. The summed E-state index contributed by atoms with van der Waals surface area (Å²) in [5, 5.41) is 10.0. The highest BCUT2D eigenvalue weighted by Gasteiger charge is 2.45. The number of furan rings is 1. The van der Waals surface area contributed by atoms with Gasteiger partial charge in [-0.1, -0.05) is 43.2 Å². The van der Waals surface area contributed by atoms with Gasteiger partial charge in [0.2, 0.25) is 0 Å². The van der Waals surface area contributed by atoms with Crippen LogP contribution in [-0.4, -0.2) is 71.1 Å². The maximum Gasteiger partial charge on any atom is 0.289 e. The molecule has 35 heavy (non-hydrogen) atoms. The van der Waals surface area contributed by atoms with Gasteiger partial charge in [-0.05, 0) is 25.0 Å². The Morgan fingerprint density at radius 2 is 1.74 bits per heavy atom. The minimum Gasteiger partial charge on any atom is -0.459 e. The Bertz CT molecular complexity index is 1170. The van der Waals surface area contributed by atoms with Gasteiger partial charge < -0.3 is 19.1 Å². The summed E-state index contributed by atoms with van der Waals surface area (Å²) in [5.74, 6) is -0.288. The average molecular weight is 473 g/mol. The van der Waals surface area contributed by atoms with E-state index >= 15 is 0 Å². The highest BCUT2D eigenvalue weighted by Crippen LogP contribution is 2.41. The number of Topliss-reactive ketones (excluding diaryl/α,β-unsaturated/α-hetero) is 1. The molecule has 3 heterocycles. The largest absolute Gasteiger partial charge is 0.459 e. The van der Waals surface area contributed by atoms with Gasteiger partial charge in [0, 0.05) is 49.4 Å². The second kappa shape index (κ2) is 9.79. The van der Waals surface area contributed by atoms with Gasteiger partial charge in [-0.25, -0.2) is 0 Å². The molecule has 2 atom stereocenters. The zero-order valence-corrected chi connectivity index (χ0v) is 19.6. The van der Waals surface area contributed by atoms with Crippen LogP contribution in [0, 0.1) is 17.2 Å². The number of fused-ring (bicyclic) bond motifs is 1. The number of carbonyl (C=O) groups excluding carboxylic acids is 3. The van der Waals surface area contributed by atoms with Gasteiger partial charge in [-0.15, -0.1) is 0 Å². The molecule has 2 unspecified atom stereocenters. The quantitative estimate of drug-likeness (QED) is 0.621. The van der Waals surface area contributed by atoms with Crippen molar-refractivity contribution in [3.8, 4) is 6.07 Å². The SMILES string of the molecule is N#CC1=C(N2CCN(C(=O)c3ccco3)CC2)C2CCCCC2N(CC(=O)c2ccccc2)C1=O. The molecule has 180 valence electrons. The van der Waals surface area contributed by atoms with Crippen molar-refractivity contribution < 1.29 is 18.8 Å². The monoisotopic (exact) mass is 472 g/mol. The van der Waals surface area contributed by atoms with Crippen molar-refractivity contribution in [1.29, 1.82) is 5.26 Å². The first-order chi connectivity index (χ1) is 17.1. The number of amides is 2. The molecular formula is C27H28N4O4. The van der Waals surface area contributed by atoms with Crippen LogP contribution in [0.2, 0.25) is 0 Å². The molecule has 2 aliphatic heterocycles. The van der Waals surface area contributed by atoms with Crippen LogP contribution in [0.4, 0.5) is 0 Å². The highest BCUT2D eigenvalue weighted by molar-refractivity contribution is 6.04. The van der Waals surface area contributed by atoms with Crippen LogP contribution in [0.5, 0.6) is 0 Å². The zero-order chi connectivity index (χ0) is 24.4. The van der Waals surface area contributed by atoms with Gasteiger partial charge in [0.25, 0.3) is 11.8 Å². The third-order valence-electron chi connectivity index (χ3n) is 7.37. The molecule has 0 N–H and O–H groups in total. The smallest absolute Gasteiger partial charge is 0.289 e. The van der Waals surface area contributed by atoms with Crippen LogP contribution in [0.15, 0.2) is 64.4 Å². The number of ketones is 1. The van der Waals surface area contributed by atoms with E-state index in [0.29, 0.717) is 37.5 Å². The number of hydrogen-bond acceptors (Lipinski definition) is 6. The summed E-state index contributed by atoms with van der Waals surface area (Å²) in [7, 11) is 0. The standard InChI is InChI=1S/C27H28N4O4/c28-17-21-25(29-12-14-30(15-13-29)27(34)24-11-6-16-35-24)20-9-4-5-10-22(20)31(26(21)33)18-23(32)19-7-2-1-3-8-19/h1-3,6-8,11,16,20,22H,4-5,9-10,12-15,18H2. The second-order valence-electron chi connectivity index (χ2n) is 9.31. The van der Waals surface area contributed by atoms with E-state index in [1.54, 1.807) is 34.1 Å². The van der Waals surface area contributed by atoms with E-state index in [1.165, 1.54) is 6.26 Å². The molecule has 0 bridgehead atoms. The molecule has 3 aliphatic rings. The highest BCUT2D eigenvalue weighted by atomic mass is 16.3. The van der Waals surface area contributed by atoms with Crippen molar-refractivity contribution >= 4 is 17.6 Å². The minimum atomic E-state index is -0.357. The van der Waals surface area contributed by atoms with Crippen LogP contribution in [0.1, 0.15) is 46.6 Å². The van der Waals surface area contributed by atoms with Gasteiger partial charge in [0.15, 0.2) is 11.5 Å². The van der Waals surface area contributed by atoms with Gasteiger partial charge in [-0.3, -0.25) is 14.4 Å². The first-order valence-corrected chi connectivity index (χ1v) is 12.2. The Labute approximate surface area is 204 Å². The minimum absolute atomic E-state index is 0.0199. The van der Waals surface area contributed by atoms with Crippen LogP contribution >= 0.6 is 0 Å². The number of nitrogens with zero attached hydrogens (tertiary/aromatic N) is 4. The van der Waals surface area contributed by atoms with E-state index in [0.717, 1.165) is 31.4 Å². The van der Waals surface area contributed by atoms with Crippen molar-refractivity contribution in [1.82, 2.24) is 14.7 Å². The summed E-state index contributed by atoms with van der Waals surface area (Å²) in [6.07, 6.45) is 5.19. The normalized spacial score (nSPS) is 22.6. The molecule has 8 heteroatoms. The molecule has 1 aromatic carbocycles. The summed E-state index contributed by atoms with van der Waals surface area (Å²) < 4.78 is 5.25. The van der Waals surface area contributed by atoms with E-state index in [1.807, 2.05) is 18.2 Å². The first-order valence-electron chi connectivity index (χ1n) is 12.2. The van der Waals surface area contributed by atoms with Crippen LogP contribution in [-0.2, 0) is 4.79 Å². The van der Waals surface area contributed by atoms with Crippen LogP contribution < -0.4 is 0 Å². The lowest BCUT2D eigenvalue weighted by Gasteiger charge is -2.48. The maximum atomic E-state index is 13.5. The first kappa shape index (κ1) is 22.9. The van der Waals surface area contributed by atoms with Crippen molar-refractivity contribution in [2.75, 3.05) is 32.7 Å². The van der Waals surface area contributed by atoms with Gasteiger partial charge in [0.1, 0.15) is 11.6 Å². The Morgan fingerprint density at radius 3 is 2.43 bits per heavy atom. The molecule has 2 aromatic rings. The number of piperazine rings is 1. The number of rotatable bonds is 5. The van der Waals surface area contributed by atoms with E-state index in [4.69, 9.17) is 4.42 Å².